The number of amidine groups is 1. The van der Waals surface area contributed by atoms with Crippen molar-refractivity contribution in [3.8, 4) is 0 Å². The molecule has 2 nitrogen and oxygen atoms in total. The molecule has 0 saturated heterocycles. The fourth-order valence-electron chi connectivity index (χ4n) is 2.48. The van der Waals surface area contributed by atoms with Gasteiger partial charge < -0.3 is 5.73 Å². The number of halogens is 1. The smallest absolute Gasteiger partial charge is 0.122 e. The Balaban J connectivity index is 0.00000162. The van der Waals surface area contributed by atoms with Crippen LogP contribution in [0.25, 0.3) is 0 Å². The van der Waals surface area contributed by atoms with E-state index in [1.54, 1.807) is 0 Å². The van der Waals surface area contributed by atoms with Gasteiger partial charge in [0, 0.05) is 22.0 Å². The lowest BCUT2D eigenvalue weighted by atomic mass is 9.83. The second-order valence-electron chi connectivity index (χ2n) is 4.63. The van der Waals surface area contributed by atoms with Crippen LogP contribution in [0.2, 0.25) is 0 Å². The number of nitrogen functional groups attached to an aromatic ring is 1. The number of benzene rings is 1. The molecule has 2 unspecified atom stereocenters. The van der Waals surface area contributed by atoms with Gasteiger partial charge in [-0.1, -0.05) is 30.7 Å². The minimum Gasteiger partial charge on any atom is -0.384 e. The van der Waals surface area contributed by atoms with Crippen LogP contribution in [-0.4, -0.2) is 16.3 Å². The molecule has 0 bridgehead atoms. The summed E-state index contributed by atoms with van der Waals surface area (Å²) >= 11 is 9.36. The topological polar surface area (TPSA) is 49.9 Å². The molecule has 1 saturated carbocycles. The predicted octanol–water partition coefficient (Wildman–Crippen LogP) is 3.26. The SMILES string of the molecule is Cl.N=C(N)c1ccc(C2C(S)CCCC2S)cc1. The van der Waals surface area contributed by atoms with Crippen molar-refractivity contribution in [2.75, 3.05) is 0 Å². The number of thiol groups is 2. The van der Waals surface area contributed by atoms with Gasteiger partial charge in [0.05, 0.1) is 0 Å². The van der Waals surface area contributed by atoms with Crippen LogP contribution in [-0.2, 0) is 0 Å². The first-order valence-corrected chi connectivity index (χ1v) is 6.93. The summed E-state index contributed by atoms with van der Waals surface area (Å²) in [4.78, 5) is 0. The molecule has 0 heterocycles. The molecule has 18 heavy (non-hydrogen) atoms. The van der Waals surface area contributed by atoms with Crippen LogP contribution in [0, 0.1) is 5.41 Å². The third kappa shape index (κ3) is 3.37. The molecule has 2 rings (SSSR count). The molecule has 5 heteroatoms. The summed E-state index contributed by atoms with van der Waals surface area (Å²) in [5.74, 6) is 0.515. The van der Waals surface area contributed by atoms with Crippen molar-refractivity contribution in [2.45, 2.75) is 35.7 Å². The Morgan fingerprint density at radius 3 is 2.06 bits per heavy atom. The Morgan fingerprint density at radius 2 is 1.61 bits per heavy atom. The first-order valence-electron chi connectivity index (χ1n) is 5.90. The van der Waals surface area contributed by atoms with Gasteiger partial charge in [0.2, 0.25) is 0 Å². The highest BCUT2D eigenvalue weighted by Gasteiger charge is 2.30. The summed E-state index contributed by atoms with van der Waals surface area (Å²) in [6, 6.07) is 7.93. The minimum absolute atomic E-state index is 0. The summed E-state index contributed by atoms with van der Waals surface area (Å²) in [5, 5.41) is 8.14. The first-order chi connectivity index (χ1) is 8.09. The lowest BCUT2D eigenvalue weighted by Gasteiger charge is -2.33. The van der Waals surface area contributed by atoms with E-state index in [1.165, 1.54) is 12.0 Å². The monoisotopic (exact) mass is 302 g/mol. The molecule has 0 aliphatic heterocycles. The second kappa shape index (κ2) is 6.73. The maximum absolute atomic E-state index is 7.38. The standard InChI is InChI=1S/C13H18N2S2.ClH/c14-13(15)9-6-4-8(5-7-9)12-10(16)2-1-3-11(12)17;/h4-7,10-12,16-17H,1-3H2,(H3,14,15);1H. The number of nitrogens with two attached hydrogens (primary N) is 1. The van der Waals surface area contributed by atoms with Gasteiger partial charge in [-0.2, -0.15) is 25.3 Å². The zero-order valence-corrected chi connectivity index (χ0v) is 12.6. The van der Waals surface area contributed by atoms with Crippen molar-refractivity contribution in [3.05, 3.63) is 35.4 Å². The van der Waals surface area contributed by atoms with Crippen LogP contribution in [0.3, 0.4) is 0 Å². The first kappa shape index (κ1) is 15.7. The van der Waals surface area contributed by atoms with E-state index in [2.05, 4.69) is 37.4 Å². The average molecular weight is 303 g/mol. The highest BCUT2D eigenvalue weighted by atomic mass is 35.5. The lowest BCUT2D eigenvalue weighted by Crippen LogP contribution is -2.27. The maximum atomic E-state index is 7.38. The highest BCUT2D eigenvalue weighted by Crippen LogP contribution is 2.39. The molecule has 1 aliphatic carbocycles. The fraction of sp³-hybridized carbons (Fsp3) is 0.462. The summed E-state index contributed by atoms with van der Waals surface area (Å²) < 4.78 is 0. The Kier molecular flexibility index (Phi) is 5.89. The van der Waals surface area contributed by atoms with E-state index in [1.807, 2.05) is 12.1 Å². The molecule has 0 spiro atoms. The molecule has 0 amide bonds. The number of rotatable bonds is 2. The second-order valence-corrected chi connectivity index (χ2v) is 5.95. The minimum atomic E-state index is 0. The molecule has 1 aromatic rings. The van der Waals surface area contributed by atoms with Gasteiger partial charge in [0.25, 0.3) is 0 Å². The average Bonchev–Trinajstić information content (AvgIpc) is 2.29. The van der Waals surface area contributed by atoms with Crippen molar-refractivity contribution in [1.82, 2.24) is 0 Å². The predicted molar refractivity (Wildman–Crippen MR) is 86.8 cm³/mol. The molecular formula is C13H19ClN2S2. The molecule has 2 atom stereocenters. The molecular weight excluding hydrogens is 284 g/mol. The Hall–Kier alpha value is -0.320. The molecule has 3 N–H and O–H groups in total. The van der Waals surface area contributed by atoms with Crippen molar-refractivity contribution < 1.29 is 0 Å². The van der Waals surface area contributed by atoms with E-state index in [0.29, 0.717) is 16.4 Å². The van der Waals surface area contributed by atoms with Crippen LogP contribution in [0.4, 0.5) is 0 Å². The molecule has 0 aromatic heterocycles. The molecule has 0 radical (unpaired) electrons. The normalized spacial score (nSPS) is 27.3. The largest absolute Gasteiger partial charge is 0.384 e. The van der Waals surface area contributed by atoms with Crippen LogP contribution in [0.1, 0.15) is 36.3 Å². The number of hydrogen-bond donors (Lipinski definition) is 4. The Bertz CT molecular complexity index is 398. The van der Waals surface area contributed by atoms with Crippen molar-refractivity contribution in [2.24, 2.45) is 5.73 Å². The zero-order valence-electron chi connectivity index (χ0n) is 10.0. The highest BCUT2D eigenvalue weighted by molar-refractivity contribution is 7.82. The third-order valence-electron chi connectivity index (χ3n) is 3.44. The van der Waals surface area contributed by atoms with Crippen LogP contribution < -0.4 is 5.73 Å². The zero-order chi connectivity index (χ0) is 12.4. The van der Waals surface area contributed by atoms with Crippen molar-refractivity contribution in [3.63, 3.8) is 0 Å². The van der Waals surface area contributed by atoms with Gasteiger partial charge in [0.1, 0.15) is 5.84 Å². The molecule has 100 valence electrons. The Morgan fingerprint density at radius 1 is 1.11 bits per heavy atom. The summed E-state index contributed by atoms with van der Waals surface area (Å²) in [5.41, 5.74) is 7.48. The van der Waals surface area contributed by atoms with Gasteiger partial charge in [-0.05, 0) is 18.4 Å². The van der Waals surface area contributed by atoms with E-state index in [4.69, 9.17) is 11.1 Å². The van der Waals surface area contributed by atoms with E-state index in [9.17, 15) is 0 Å². The summed E-state index contributed by atoms with van der Waals surface area (Å²) in [6.45, 7) is 0. The van der Waals surface area contributed by atoms with Crippen LogP contribution >= 0.6 is 37.7 Å². The summed E-state index contributed by atoms with van der Waals surface area (Å²) in [7, 11) is 0. The Labute approximate surface area is 125 Å². The quantitative estimate of drug-likeness (QED) is 0.378. The number of hydrogen-bond acceptors (Lipinski definition) is 3. The molecule has 1 aliphatic rings. The van der Waals surface area contributed by atoms with Crippen LogP contribution in [0.15, 0.2) is 24.3 Å². The van der Waals surface area contributed by atoms with Gasteiger partial charge in [-0.3, -0.25) is 5.41 Å². The van der Waals surface area contributed by atoms with Gasteiger partial charge in [-0.25, -0.2) is 0 Å². The van der Waals surface area contributed by atoms with E-state index in [0.717, 1.165) is 18.4 Å². The summed E-state index contributed by atoms with van der Waals surface area (Å²) in [6.07, 6.45) is 3.52. The van der Waals surface area contributed by atoms with Gasteiger partial charge in [0.15, 0.2) is 0 Å². The molecule has 1 fully saturated rings. The van der Waals surface area contributed by atoms with E-state index < -0.39 is 0 Å². The fourth-order valence-corrected chi connectivity index (χ4v) is 3.74. The van der Waals surface area contributed by atoms with E-state index >= 15 is 0 Å². The maximum Gasteiger partial charge on any atom is 0.122 e. The van der Waals surface area contributed by atoms with E-state index in [-0.39, 0.29) is 18.2 Å². The third-order valence-corrected chi connectivity index (χ3v) is 4.59. The molecule has 1 aromatic carbocycles. The lowest BCUT2D eigenvalue weighted by molar-refractivity contribution is 0.472. The van der Waals surface area contributed by atoms with Crippen LogP contribution in [0.5, 0.6) is 0 Å². The van der Waals surface area contributed by atoms with Gasteiger partial charge >= 0.3 is 0 Å². The number of nitrogens with one attached hydrogen (secondary N) is 1. The van der Waals surface area contributed by atoms with Gasteiger partial charge in [-0.15, -0.1) is 12.4 Å². The van der Waals surface area contributed by atoms with Crippen molar-refractivity contribution >= 4 is 43.5 Å². The van der Waals surface area contributed by atoms with Crippen molar-refractivity contribution in [1.29, 1.82) is 5.41 Å².